The van der Waals surface area contributed by atoms with Crippen LogP contribution in [0.15, 0.2) is 42.5 Å². The average molecular weight is 312 g/mol. The highest BCUT2D eigenvalue weighted by Crippen LogP contribution is 2.22. The molecule has 6 heteroatoms. The van der Waals surface area contributed by atoms with Gasteiger partial charge in [-0.15, -0.1) is 0 Å². The Labute approximate surface area is 131 Å². The van der Waals surface area contributed by atoms with Crippen molar-refractivity contribution < 1.29 is 18.8 Å². The molecule has 0 bridgehead atoms. The second-order valence-corrected chi connectivity index (χ2v) is 5.20. The van der Waals surface area contributed by atoms with Crippen LogP contribution < -0.4 is 5.32 Å². The smallest absolute Gasteiger partial charge is 0.261 e. The van der Waals surface area contributed by atoms with Crippen molar-refractivity contribution in [2.24, 2.45) is 0 Å². The van der Waals surface area contributed by atoms with Crippen LogP contribution in [0, 0.1) is 5.82 Å². The molecule has 116 valence electrons. The molecule has 0 fully saturated rings. The third-order valence-electron chi connectivity index (χ3n) is 3.75. The maximum Gasteiger partial charge on any atom is 0.261 e. The number of carbonyl (C=O) groups is 3. The van der Waals surface area contributed by atoms with E-state index in [9.17, 15) is 18.8 Å². The molecule has 2 aromatic carbocycles. The molecule has 23 heavy (non-hydrogen) atoms. The Hall–Kier alpha value is -3.02. The van der Waals surface area contributed by atoms with Gasteiger partial charge in [0, 0.05) is 24.7 Å². The Morgan fingerprint density at radius 1 is 1.09 bits per heavy atom. The van der Waals surface area contributed by atoms with E-state index >= 15 is 0 Å². The summed E-state index contributed by atoms with van der Waals surface area (Å²) in [5.41, 5.74) is 1.10. The van der Waals surface area contributed by atoms with Crippen LogP contribution in [0.3, 0.4) is 0 Å². The van der Waals surface area contributed by atoms with E-state index in [4.69, 9.17) is 0 Å². The first kappa shape index (κ1) is 14.9. The SMILES string of the molecule is CN1C(=O)c2ccc(C(=O)NCc3ccccc3F)cc2C1=O. The Morgan fingerprint density at radius 3 is 2.52 bits per heavy atom. The lowest BCUT2D eigenvalue weighted by Gasteiger charge is -2.07. The topological polar surface area (TPSA) is 66.5 Å². The van der Waals surface area contributed by atoms with Crippen LogP contribution in [0.2, 0.25) is 0 Å². The normalized spacial score (nSPS) is 13.2. The highest BCUT2D eigenvalue weighted by atomic mass is 19.1. The lowest BCUT2D eigenvalue weighted by atomic mass is 10.1. The van der Waals surface area contributed by atoms with Gasteiger partial charge >= 0.3 is 0 Å². The lowest BCUT2D eigenvalue weighted by Crippen LogP contribution is -2.24. The Morgan fingerprint density at radius 2 is 1.78 bits per heavy atom. The largest absolute Gasteiger partial charge is 0.348 e. The minimum Gasteiger partial charge on any atom is -0.348 e. The zero-order chi connectivity index (χ0) is 16.6. The van der Waals surface area contributed by atoms with E-state index in [2.05, 4.69) is 5.32 Å². The standard InChI is InChI=1S/C17H13FN2O3/c1-20-16(22)12-7-6-10(8-13(12)17(20)23)15(21)19-9-11-4-2-3-5-14(11)18/h2-8H,9H2,1H3,(H,19,21). The number of nitrogens with one attached hydrogen (secondary N) is 1. The predicted molar refractivity (Wildman–Crippen MR) is 80.4 cm³/mol. The van der Waals surface area contributed by atoms with E-state index in [1.54, 1.807) is 18.2 Å². The number of hydrogen-bond donors (Lipinski definition) is 1. The van der Waals surface area contributed by atoms with Gasteiger partial charge in [-0.3, -0.25) is 19.3 Å². The first-order valence-electron chi connectivity index (χ1n) is 6.97. The van der Waals surface area contributed by atoms with E-state index < -0.39 is 17.6 Å². The maximum absolute atomic E-state index is 13.5. The quantitative estimate of drug-likeness (QED) is 0.881. The van der Waals surface area contributed by atoms with Crippen molar-refractivity contribution >= 4 is 17.7 Å². The van der Waals surface area contributed by atoms with Gasteiger partial charge in [-0.1, -0.05) is 18.2 Å². The summed E-state index contributed by atoms with van der Waals surface area (Å²) in [7, 11) is 1.39. The lowest BCUT2D eigenvalue weighted by molar-refractivity contribution is 0.0693. The highest BCUT2D eigenvalue weighted by molar-refractivity contribution is 6.21. The summed E-state index contributed by atoms with van der Waals surface area (Å²) in [6.07, 6.45) is 0. The molecule has 1 aliphatic rings. The zero-order valence-electron chi connectivity index (χ0n) is 12.3. The molecule has 3 rings (SSSR count). The van der Waals surface area contributed by atoms with Crippen molar-refractivity contribution in [1.82, 2.24) is 10.2 Å². The highest BCUT2D eigenvalue weighted by Gasteiger charge is 2.33. The number of halogens is 1. The fourth-order valence-electron chi connectivity index (χ4n) is 2.42. The zero-order valence-corrected chi connectivity index (χ0v) is 12.3. The van der Waals surface area contributed by atoms with Crippen LogP contribution in [-0.2, 0) is 6.54 Å². The number of benzene rings is 2. The minimum absolute atomic E-state index is 0.0371. The number of nitrogens with zero attached hydrogens (tertiary/aromatic N) is 1. The molecular formula is C17H13FN2O3. The molecule has 0 aliphatic carbocycles. The van der Waals surface area contributed by atoms with E-state index in [-0.39, 0.29) is 29.1 Å². The summed E-state index contributed by atoms with van der Waals surface area (Å²) in [6.45, 7) is 0.0371. The molecule has 0 saturated heterocycles. The van der Waals surface area contributed by atoms with Crippen molar-refractivity contribution in [3.8, 4) is 0 Å². The van der Waals surface area contributed by atoms with E-state index in [1.165, 1.54) is 31.3 Å². The molecule has 1 aliphatic heterocycles. The fraction of sp³-hybridized carbons (Fsp3) is 0.118. The summed E-state index contributed by atoms with van der Waals surface area (Å²) in [4.78, 5) is 36.9. The molecular weight excluding hydrogens is 299 g/mol. The second-order valence-electron chi connectivity index (χ2n) is 5.20. The molecule has 0 radical (unpaired) electrons. The van der Waals surface area contributed by atoms with E-state index in [0.29, 0.717) is 5.56 Å². The van der Waals surface area contributed by atoms with Crippen LogP contribution in [-0.4, -0.2) is 29.7 Å². The van der Waals surface area contributed by atoms with Gasteiger partial charge < -0.3 is 5.32 Å². The van der Waals surface area contributed by atoms with Gasteiger partial charge in [-0.2, -0.15) is 0 Å². The fourth-order valence-corrected chi connectivity index (χ4v) is 2.42. The molecule has 1 heterocycles. The molecule has 1 N–H and O–H groups in total. The first-order chi connectivity index (χ1) is 11.0. The monoisotopic (exact) mass is 312 g/mol. The molecule has 2 aromatic rings. The summed E-state index contributed by atoms with van der Waals surface area (Å²) in [5, 5.41) is 2.60. The third-order valence-corrected chi connectivity index (χ3v) is 3.75. The van der Waals surface area contributed by atoms with Gasteiger partial charge in [0.1, 0.15) is 5.82 Å². The Kier molecular flexibility index (Phi) is 3.65. The van der Waals surface area contributed by atoms with Crippen LogP contribution in [0.4, 0.5) is 4.39 Å². The first-order valence-corrected chi connectivity index (χ1v) is 6.97. The Bertz CT molecular complexity index is 832. The molecule has 0 aromatic heterocycles. The van der Waals surface area contributed by atoms with E-state index in [1.807, 2.05) is 0 Å². The van der Waals surface area contributed by atoms with Gasteiger partial charge in [-0.05, 0) is 24.3 Å². The number of rotatable bonds is 3. The van der Waals surface area contributed by atoms with Crippen LogP contribution >= 0.6 is 0 Å². The maximum atomic E-state index is 13.5. The Balaban J connectivity index is 1.78. The van der Waals surface area contributed by atoms with Gasteiger partial charge in [0.2, 0.25) is 0 Å². The summed E-state index contributed by atoms with van der Waals surface area (Å²) in [6, 6.07) is 10.5. The third kappa shape index (κ3) is 2.59. The molecule has 0 unspecified atom stereocenters. The van der Waals surface area contributed by atoms with Crippen molar-refractivity contribution in [1.29, 1.82) is 0 Å². The van der Waals surface area contributed by atoms with Gasteiger partial charge in [0.15, 0.2) is 0 Å². The van der Waals surface area contributed by atoms with Crippen LogP contribution in [0.1, 0.15) is 36.6 Å². The minimum atomic E-state index is -0.439. The predicted octanol–water partition coefficient (Wildman–Crippen LogP) is 1.98. The number of amides is 3. The van der Waals surface area contributed by atoms with Gasteiger partial charge in [0.05, 0.1) is 11.1 Å². The number of imide groups is 1. The van der Waals surface area contributed by atoms with Gasteiger partial charge in [-0.25, -0.2) is 4.39 Å². The molecule has 0 spiro atoms. The molecule has 0 saturated carbocycles. The summed E-state index contributed by atoms with van der Waals surface area (Å²) in [5.74, 6) is -1.66. The number of hydrogen-bond acceptors (Lipinski definition) is 3. The average Bonchev–Trinajstić information content (AvgIpc) is 2.78. The molecule has 0 atom stereocenters. The van der Waals surface area contributed by atoms with Crippen molar-refractivity contribution in [3.63, 3.8) is 0 Å². The van der Waals surface area contributed by atoms with Crippen molar-refractivity contribution in [2.45, 2.75) is 6.54 Å². The van der Waals surface area contributed by atoms with Gasteiger partial charge in [0.25, 0.3) is 17.7 Å². The number of carbonyl (C=O) groups excluding carboxylic acids is 3. The second kappa shape index (κ2) is 5.64. The summed E-state index contributed by atoms with van der Waals surface area (Å²) >= 11 is 0. The van der Waals surface area contributed by atoms with Crippen molar-refractivity contribution in [3.05, 3.63) is 70.5 Å². The molecule has 5 nitrogen and oxygen atoms in total. The number of fused-ring (bicyclic) bond motifs is 1. The van der Waals surface area contributed by atoms with E-state index in [0.717, 1.165) is 4.90 Å². The van der Waals surface area contributed by atoms with Crippen molar-refractivity contribution in [2.75, 3.05) is 7.05 Å². The molecule has 3 amide bonds. The van der Waals surface area contributed by atoms with Crippen LogP contribution in [0.25, 0.3) is 0 Å². The summed E-state index contributed by atoms with van der Waals surface area (Å²) < 4.78 is 13.5. The van der Waals surface area contributed by atoms with Crippen LogP contribution in [0.5, 0.6) is 0 Å².